The lowest BCUT2D eigenvalue weighted by Gasteiger charge is -2.13. The summed E-state index contributed by atoms with van der Waals surface area (Å²) >= 11 is 1.40. The highest BCUT2D eigenvalue weighted by molar-refractivity contribution is 7.11. The summed E-state index contributed by atoms with van der Waals surface area (Å²) < 4.78 is 0. The first kappa shape index (κ1) is 12.8. The minimum atomic E-state index is -0.0364. The van der Waals surface area contributed by atoms with Gasteiger partial charge in [-0.2, -0.15) is 0 Å². The van der Waals surface area contributed by atoms with Crippen LogP contribution >= 0.6 is 11.3 Å². The molecule has 3 nitrogen and oxygen atoms in total. The highest BCUT2D eigenvalue weighted by Gasteiger charge is 2.16. The van der Waals surface area contributed by atoms with Crippen LogP contribution in [0.3, 0.4) is 0 Å². The molecule has 4 heteroatoms. The first-order chi connectivity index (χ1) is 8.72. The van der Waals surface area contributed by atoms with Crippen LogP contribution in [-0.2, 0) is 6.42 Å². The number of carbonyl (C=O) groups excluding carboxylic acids is 1. The van der Waals surface area contributed by atoms with Crippen molar-refractivity contribution in [2.24, 2.45) is 0 Å². The van der Waals surface area contributed by atoms with E-state index in [9.17, 15) is 4.79 Å². The molecule has 0 radical (unpaired) electrons. The molecule has 2 aromatic rings. The zero-order valence-electron chi connectivity index (χ0n) is 10.5. The number of benzene rings is 1. The van der Waals surface area contributed by atoms with Gasteiger partial charge in [-0.3, -0.25) is 4.79 Å². The molecule has 0 bridgehead atoms. The molecule has 2 rings (SSSR count). The van der Waals surface area contributed by atoms with Gasteiger partial charge in [-0.25, -0.2) is 4.98 Å². The molecule has 1 heterocycles. The molecule has 18 heavy (non-hydrogen) atoms. The number of hydrogen-bond acceptors (Lipinski definition) is 3. The second-order valence-corrected chi connectivity index (χ2v) is 4.94. The molecule has 0 aliphatic rings. The van der Waals surface area contributed by atoms with E-state index in [-0.39, 0.29) is 11.9 Å². The first-order valence-electron chi connectivity index (χ1n) is 6.00. The summed E-state index contributed by atoms with van der Waals surface area (Å²) in [5.41, 5.74) is 3.70. The maximum Gasteiger partial charge on any atom is 0.263 e. The molecular weight excluding hydrogens is 244 g/mol. The number of thiazole rings is 1. The van der Waals surface area contributed by atoms with Crippen molar-refractivity contribution >= 4 is 17.2 Å². The Labute approximate surface area is 111 Å². The highest BCUT2D eigenvalue weighted by atomic mass is 32.1. The fourth-order valence-corrected chi connectivity index (χ4v) is 2.58. The summed E-state index contributed by atoms with van der Waals surface area (Å²) in [5.74, 6) is -0.0364. The molecule has 0 spiro atoms. The van der Waals surface area contributed by atoms with Gasteiger partial charge in [-0.1, -0.05) is 37.3 Å². The maximum atomic E-state index is 12.1. The van der Waals surface area contributed by atoms with Crippen LogP contribution in [0.25, 0.3) is 0 Å². The van der Waals surface area contributed by atoms with Gasteiger partial charge in [0.15, 0.2) is 0 Å². The van der Waals surface area contributed by atoms with Gasteiger partial charge >= 0.3 is 0 Å². The molecule has 1 N–H and O–H groups in total. The van der Waals surface area contributed by atoms with E-state index in [0.29, 0.717) is 0 Å². The molecule has 1 aromatic carbocycles. The van der Waals surface area contributed by atoms with E-state index >= 15 is 0 Å². The van der Waals surface area contributed by atoms with Gasteiger partial charge < -0.3 is 5.32 Å². The fraction of sp³-hybridized carbons (Fsp3) is 0.286. The van der Waals surface area contributed by atoms with Crippen LogP contribution in [-0.4, -0.2) is 10.9 Å². The third kappa shape index (κ3) is 2.76. The Hall–Kier alpha value is -1.68. The van der Waals surface area contributed by atoms with E-state index in [4.69, 9.17) is 0 Å². The van der Waals surface area contributed by atoms with E-state index in [0.717, 1.165) is 22.6 Å². The van der Waals surface area contributed by atoms with Crippen molar-refractivity contribution in [3.63, 3.8) is 0 Å². The van der Waals surface area contributed by atoms with E-state index in [2.05, 4.69) is 10.3 Å². The molecular formula is C14H16N2OS. The molecule has 1 unspecified atom stereocenters. The van der Waals surface area contributed by atoms with E-state index in [1.165, 1.54) is 11.3 Å². The number of aromatic nitrogens is 1. The summed E-state index contributed by atoms with van der Waals surface area (Å²) in [6.07, 6.45) is 0.784. The van der Waals surface area contributed by atoms with Gasteiger partial charge in [0.1, 0.15) is 4.88 Å². The van der Waals surface area contributed by atoms with E-state index in [1.807, 2.05) is 44.2 Å². The molecule has 0 aliphatic carbocycles. The Balaban J connectivity index is 2.08. The normalized spacial score (nSPS) is 12.1. The maximum absolute atomic E-state index is 12.1. The van der Waals surface area contributed by atoms with Crippen LogP contribution in [0.4, 0.5) is 0 Å². The summed E-state index contributed by atoms with van der Waals surface area (Å²) in [6.45, 7) is 3.99. The minimum absolute atomic E-state index is 0.00510. The lowest BCUT2D eigenvalue weighted by molar-refractivity contribution is 0.0943. The molecule has 0 saturated carbocycles. The Kier molecular flexibility index (Phi) is 4.10. The summed E-state index contributed by atoms with van der Waals surface area (Å²) in [4.78, 5) is 17.0. The van der Waals surface area contributed by atoms with Gasteiger partial charge in [0, 0.05) is 0 Å². The lowest BCUT2D eigenvalue weighted by Crippen LogP contribution is -2.26. The average molecular weight is 260 g/mol. The number of rotatable bonds is 4. The molecule has 1 aromatic heterocycles. The van der Waals surface area contributed by atoms with Gasteiger partial charge in [-0.05, 0) is 18.9 Å². The SMILES string of the molecule is CCc1ncsc1C(=O)NC(C)c1ccccc1. The second-order valence-electron chi connectivity index (χ2n) is 4.09. The third-order valence-electron chi connectivity index (χ3n) is 2.83. The standard InChI is InChI=1S/C14H16N2OS/c1-3-12-13(18-9-15-12)14(17)16-10(2)11-7-5-4-6-8-11/h4-10H,3H2,1-2H3,(H,16,17). The summed E-state index contributed by atoms with van der Waals surface area (Å²) in [6, 6.07) is 9.95. The Morgan fingerprint density at radius 3 is 2.78 bits per heavy atom. The predicted octanol–water partition coefficient (Wildman–Crippen LogP) is 3.20. The highest BCUT2D eigenvalue weighted by Crippen LogP contribution is 2.17. The smallest absolute Gasteiger partial charge is 0.263 e. The molecule has 94 valence electrons. The van der Waals surface area contributed by atoms with Crippen molar-refractivity contribution in [3.05, 3.63) is 52.0 Å². The van der Waals surface area contributed by atoms with Crippen molar-refractivity contribution in [2.75, 3.05) is 0 Å². The summed E-state index contributed by atoms with van der Waals surface area (Å²) in [5, 5.41) is 3.00. The first-order valence-corrected chi connectivity index (χ1v) is 6.88. The average Bonchev–Trinajstić information content (AvgIpc) is 2.88. The number of nitrogens with one attached hydrogen (secondary N) is 1. The number of carbonyl (C=O) groups is 1. The van der Waals surface area contributed by atoms with Crippen molar-refractivity contribution < 1.29 is 4.79 Å². The Morgan fingerprint density at radius 2 is 2.11 bits per heavy atom. The van der Waals surface area contributed by atoms with Gasteiger partial charge in [0.05, 0.1) is 17.2 Å². The lowest BCUT2D eigenvalue weighted by atomic mass is 10.1. The fourth-order valence-electron chi connectivity index (χ4n) is 1.79. The van der Waals surface area contributed by atoms with Crippen molar-refractivity contribution in [1.82, 2.24) is 10.3 Å². The van der Waals surface area contributed by atoms with Crippen LogP contribution in [0.5, 0.6) is 0 Å². The molecule has 1 amide bonds. The zero-order valence-corrected chi connectivity index (χ0v) is 11.3. The minimum Gasteiger partial charge on any atom is -0.345 e. The summed E-state index contributed by atoms with van der Waals surface area (Å²) in [7, 11) is 0. The topological polar surface area (TPSA) is 42.0 Å². The van der Waals surface area contributed by atoms with Gasteiger partial charge in [-0.15, -0.1) is 11.3 Å². The van der Waals surface area contributed by atoms with Crippen LogP contribution in [0.15, 0.2) is 35.8 Å². The second kappa shape index (κ2) is 5.78. The van der Waals surface area contributed by atoms with Crippen molar-refractivity contribution in [2.45, 2.75) is 26.3 Å². The largest absolute Gasteiger partial charge is 0.345 e. The molecule has 0 saturated heterocycles. The third-order valence-corrected chi connectivity index (χ3v) is 3.70. The molecule has 1 atom stereocenters. The van der Waals surface area contributed by atoms with Crippen LogP contribution in [0, 0.1) is 0 Å². The molecule has 0 aliphatic heterocycles. The van der Waals surface area contributed by atoms with E-state index < -0.39 is 0 Å². The van der Waals surface area contributed by atoms with E-state index in [1.54, 1.807) is 5.51 Å². The Morgan fingerprint density at radius 1 is 1.39 bits per heavy atom. The van der Waals surface area contributed by atoms with Gasteiger partial charge in [0.25, 0.3) is 5.91 Å². The number of aryl methyl sites for hydroxylation is 1. The van der Waals surface area contributed by atoms with Crippen LogP contribution in [0.1, 0.15) is 40.8 Å². The molecule has 0 fully saturated rings. The quantitative estimate of drug-likeness (QED) is 0.917. The Bertz CT molecular complexity index is 522. The van der Waals surface area contributed by atoms with Gasteiger partial charge in [0.2, 0.25) is 0 Å². The van der Waals surface area contributed by atoms with Crippen molar-refractivity contribution in [1.29, 1.82) is 0 Å². The number of hydrogen-bond donors (Lipinski definition) is 1. The zero-order chi connectivity index (χ0) is 13.0. The van der Waals surface area contributed by atoms with Crippen LogP contribution in [0.2, 0.25) is 0 Å². The van der Waals surface area contributed by atoms with Crippen molar-refractivity contribution in [3.8, 4) is 0 Å². The number of nitrogens with zero attached hydrogens (tertiary/aromatic N) is 1. The number of amides is 1. The monoisotopic (exact) mass is 260 g/mol. The van der Waals surface area contributed by atoms with Crippen LogP contribution < -0.4 is 5.32 Å². The predicted molar refractivity (Wildman–Crippen MR) is 73.8 cm³/mol.